The second kappa shape index (κ2) is 5.82. The second-order valence-electron chi connectivity index (χ2n) is 2.97. The molecule has 0 spiro atoms. The van der Waals surface area contributed by atoms with Crippen LogP contribution in [-0.2, 0) is 0 Å². The number of rotatable bonds is 4. The molecule has 0 saturated heterocycles. The van der Waals surface area contributed by atoms with Crippen LogP contribution < -0.4 is 0 Å². The van der Waals surface area contributed by atoms with Gasteiger partial charge in [-0.3, -0.25) is 0 Å². The predicted molar refractivity (Wildman–Crippen MR) is 57.2 cm³/mol. The Bertz CT molecular complexity index is 151. The van der Waals surface area contributed by atoms with Crippen molar-refractivity contribution in [1.29, 1.82) is 0 Å². The Morgan fingerprint density at radius 2 is 1.17 bits per heavy atom. The molecule has 68 valence electrons. The summed E-state index contributed by atoms with van der Waals surface area (Å²) in [5, 5.41) is 0. The number of hydrogen-bond donors (Lipinski definition) is 0. The van der Waals surface area contributed by atoms with E-state index in [1.807, 2.05) is 0 Å². The van der Waals surface area contributed by atoms with Gasteiger partial charge in [-0.2, -0.15) is 0 Å². The standard InChI is InChI=1S/C12H20/c1-5-9-12(8-4,10-6-2)11-7-3/h5-7,9-11H,8H2,1-4H3. The molecule has 0 unspecified atom stereocenters. The van der Waals surface area contributed by atoms with Crippen molar-refractivity contribution in [2.75, 3.05) is 0 Å². The van der Waals surface area contributed by atoms with Gasteiger partial charge in [-0.05, 0) is 27.2 Å². The van der Waals surface area contributed by atoms with Gasteiger partial charge < -0.3 is 0 Å². The zero-order chi connectivity index (χ0) is 9.45. The highest BCUT2D eigenvalue weighted by Gasteiger charge is 2.15. The highest BCUT2D eigenvalue weighted by atomic mass is 14.2. The van der Waals surface area contributed by atoms with Crippen molar-refractivity contribution in [2.24, 2.45) is 5.41 Å². The van der Waals surface area contributed by atoms with Gasteiger partial charge in [0.15, 0.2) is 0 Å². The van der Waals surface area contributed by atoms with Crippen LogP contribution in [0.25, 0.3) is 0 Å². The van der Waals surface area contributed by atoms with Crippen LogP contribution in [0.5, 0.6) is 0 Å². The van der Waals surface area contributed by atoms with Gasteiger partial charge in [0.05, 0.1) is 0 Å². The first kappa shape index (κ1) is 11.2. The Morgan fingerprint density at radius 1 is 0.833 bits per heavy atom. The minimum absolute atomic E-state index is 0.151. The quantitative estimate of drug-likeness (QED) is 0.548. The van der Waals surface area contributed by atoms with E-state index in [4.69, 9.17) is 0 Å². The van der Waals surface area contributed by atoms with Crippen LogP contribution in [-0.4, -0.2) is 0 Å². The van der Waals surface area contributed by atoms with E-state index in [9.17, 15) is 0 Å². The monoisotopic (exact) mass is 164 g/mol. The summed E-state index contributed by atoms with van der Waals surface area (Å²) in [4.78, 5) is 0. The molecule has 0 amide bonds. The molecule has 0 aliphatic carbocycles. The molecule has 0 saturated carbocycles. The van der Waals surface area contributed by atoms with Crippen molar-refractivity contribution in [3.05, 3.63) is 36.5 Å². The van der Waals surface area contributed by atoms with E-state index in [0.29, 0.717) is 0 Å². The molecule has 0 N–H and O–H groups in total. The van der Waals surface area contributed by atoms with Crippen LogP contribution in [0, 0.1) is 5.41 Å². The van der Waals surface area contributed by atoms with Crippen molar-refractivity contribution < 1.29 is 0 Å². The molecular formula is C12H20. The van der Waals surface area contributed by atoms with E-state index < -0.39 is 0 Å². The minimum atomic E-state index is 0.151. The van der Waals surface area contributed by atoms with E-state index in [-0.39, 0.29) is 5.41 Å². The topological polar surface area (TPSA) is 0 Å². The van der Waals surface area contributed by atoms with Gasteiger partial charge in [-0.15, -0.1) is 0 Å². The summed E-state index contributed by atoms with van der Waals surface area (Å²) < 4.78 is 0. The van der Waals surface area contributed by atoms with E-state index >= 15 is 0 Å². The third-order valence-corrected chi connectivity index (χ3v) is 2.04. The maximum atomic E-state index is 2.24. The van der Waals surface area contributed by atoms with Gasteiger partial charge in [0, 0.05) is 5.41 Å². The molecule has 0 aliphatic heterocycles. The van der Waals surface area contributed by atoms with Crippen molar-refractivity contribution in [3.8, 4) is 0 Å². The molecule has 0 atom stereocenters. The van der Waals surface area contributed by atoms with Crippen LogP contribution in [0.1, 0.15) is 34.1 Å². The molecule has 0 bridgehead atoms. The summed E-state index contributed by atoms with van der Waals surface area (Å²) in [5.74, 6) is 0. The molecule has 0 fully saturated rings. The van der Waals surface area contributed by atoms with E-state index in [0.717, 1.165) is 6.42 Å². The predicted octanol–water partition coefficient (Wildman–Crippen LogP) is 4.11. The number of allylic oxidation sites excluding steroid dienone is 6. The van der Waals surface area contributed by atoms with Crippen molar-refractivity contribution in [1.82, 2.24) is 0 Å². The molecule has 0 aromatic carbocycles. The Balaban J connectivity index is 4.74. The molecule has 12 heavy (non-hydrogen) atoms. The summed E-state index contributed by atoms with van der Waals surface area (Å²) in [5.41, 5.74) is 0.151. The largest absolute Gasteiger partial charge is 0.0905 e. The lowest BCUT2D eigenvalue weighted by molar-refractivity contribution is 0.600. The Labute approximate surface area is 76.7 Å². The lowest BCUT2D eigenvalue weighted by atomic mass is 9.84. The summed E-state index contributed by atoms with van der Waals surface area (Å²) in [6.45, 7) is 8.41. The fourth-order valence-corrected chi connectivity index (χ4v) is 1.45. The van der Waals surface area contributed by atoms with Crippen LogP contribution in [0.2, 0.25) is 0 Å². The molecule has 0 aromatic rings. The molecule has 0 radical (unpaired) electrons. The normalized spacial score (nSPS) is 18.0. The van der Waals surface area contributed by atoms with Crippen LogP contribution in [0.3, 0.4) is 0 Å². The SMILES string of the molecule is CC=CC(C=CC)(C=CC)CC. The fraction of sp³-hybridized carbons (Fsp3) is 0.500. The second-order valence-corrected chi connectivity index (χ2v) is 2.97. The summed E-state index contributed by atoms with van der Waals surface area (Å²) >= 11 is 0. The molecule has 0 aromatic heterocycles. The van der Waals surface area contributed by atoms with Crippen LogP contribution in [0.4, 0.5) is 0 Å². The maximum absolute atomic E-state index is 2.24. The Kier molecular flexibility index (Phi) is 5.44. The summed E-state index contributed by atoms with van der Waals surface area (Å²) in [6, 6.07) is 0. The van der Waals surface area contributed by atoms with Gasteiger partial charge in [0.1, 0.15) is 0 Å². The lowest BCUT2D eigenvalue weighted by Crippen LogP contribution is -2.09. The lowest BCUT2D eigenvalue weighted by Gasteiger charge is -2.20. The van der Waals surface area contributed by atoms with E-state index in [1.54, 1.807) is 0 Å². The third kappa shape index (κ3) is 3.08. The first-order chi connectivity index (χ1) is 5.74. The van der Waals surface area contributed by atoms with Gasteiger partial charge in [-0.25, -0.2) is 0 Å². The smallest absolute Gasteiger partial charge is 0.0238 e. The zero-order valence-corrected chi connectivity index (χ0v) is 8.67. The Hall–Kier alpha value is -0.780. The van der Waals surface area contributed by atoms with Gasteiger partial charge in [0.2, 0.25) is 0 Å². The third-order valence-electron chi connectivity index (χ3n) is 2.04. The van der Waals surface area contributed by atoms with Gasteiger partial charge in [0.25, 0.3) is 0 Å². The average Bonchev–Trinajstić information content (AvgIpc) is 2.06. The summed E-state index contributed by atoms with van der Waals surface area (Å²) in [7, 11) is 0. The van der Waals surface area contributed by atoms with Crippen LogP contribution >= 0.6 is 0 Å². The Morgan fingerprint density at radius 3 is 1.33 bits per heavy atom. The molecular weight excluding hydrogens is 144 g/mol. The fourth-order valence-electron chi connectivity index (χ4n) is 1.45. The van der Waals surface area contributed by atoms with Crippen molar-refractivity contribution in [3.63, 3.8) is 0 Å². The van der Waals surface area contributed by atoms with E-state index in [1.165, 1.54) is 0 Å². The maximum Gasteiger partial charge on any atom is 0.0238 e. The molecule has 0 nitrogen and oxygen atoms in total. The zero-order valence-electron chi connectivity index (χ0n) is 8.67. The van der Waals surface area contributed by atoms with E-state index in [2.05, 4.69) is 64.2 Å². The molecule has 0 heteroatoms. The molecule has 0 rings (SSSR count). The average molecular weight is 164 g/mol. The van der Waals surface area contributed by atoms with Crippen LogP contribution in [0.15, 0.2) is 36.5 Å². The van der Waals surface area contributed by atoms with Crippen molar-refractivity contribution in [2.45, 2.75) is 34.1 Å². The first-order valence-electron chi connectivity index (χ1n) is 4.66. The first-order valence-corrected chi connectivity index (χ1v) is 4.66. The highest BCUT2D eigenvalue weighted by molar-refractivity contribution is 5.19. The molecule has 0 heterocycles. The van der Waals surface area contributed by atoms with Gasteiger partial charge in [-0.1, -0.05) is 43.4 Å². The van der Waals surface area contributed by atoms with Crippen molar-refractivity contribution >= 4 is 0 Å². The minimum Gasteiger partial charge on any atom is -0.0905 e. The highest BCUT2D eigenvalue weighted by Crippen LogP contribution is 2.27. The summed E-state index contributed by atoms with van der Waals surface area (Å²) in [6.07, 6.45) is 14.2. The molecule has 0 aliphatic rings. The van der Waals surface area contributed by atoms with Gasteiger partial charge >= 0.3 is 0 Å². The number of hydrogen-bond acceptors (Lipinski definition) is 0.